The van der Waals surface area contributed by atoms with E-state index in [1.807, 2.05) is 39.5 Å². The molecule has 4 nitrogen and oxygen atoms in total. The fourth-order valence-electron chi connectivity index (χ4n) is 1.74. The number of hydrogen-bond donors (Lipinski definition) is 1. The zero-order chi connectivity index (χ0) is 13.6. The molecule has 1 fully saturated rings. The van der Waals surface area contributed by atoms with Crippen molar-refractivity contribution in [3.8, 4) is 0 Å². The monoisotopic (exact) mass is 274 g/mol. The molecule has 0 aromatic carbocycles. The van der Waals surface area contributed by atoms with Crippen LogP contribution in [0.2, 0.25) is 0 Å². The molecule has 106 valence electrons. The molecule has 18 heavy (non-hydrogen) atoms. The quantitative estimate of drug-likeness (QED) is 0.767. The van der Waals surface area contributed by atoms with Gasteiger partial charge in [-0.05, 0) is 27.7 Å². The summed E-state index contributed by atoms with van der Waals surface area (Å²) >= 11 is 2.01. The van der Waals surface area contributed by atoms with Crippen LogP contribution in [-0.4, -0.2) is 60.2 Å². The summed E-state index contributed by atoms with van der Waals surface area (Å²) in [5, 5.41) is 3.23. The van der Waals surface area contributed by atoms with Crippen molar-refractivity contribution in [3.05, 3.63) is 0 Å². The van der Waals surface area contributed by atoms with Crippen LogP contribution < -0.4 is 5.32 Å². The normalized spacial score (nSPS) is 19.6. The van der Waals surface area contributed by atoms with Crippen LogP contribution in [0.3, 0.4) is 0 Å². The van der Waals surface area contributed by atoms with Gasteiger partial charge in [-0.2, -0.15) is 11.8 Å². The molecule has 0 spiro atoms. The second kappa shape index (κ2) is 7.36. The summed E-state index contributed by atoms with van der Waals surface area (Å²) < 4.78 is 5.32. The lowest BCUT2D eigenvalue weighted by atomic mass is 10.2. The maximum atomic E-state index is 11.7. The van der Waals surface area contributed by atoms with E-state index in [2.05, 4.69) is 10.2 Å². The van der Waals surface area contributed by atoms with Crippen molar-refractivity contribution >= 4 is 17.7 Å². The first kappa shape index (κ1) is 15.8. The lowest BCUT2D eigenvalue weighted by Gasteiger charge is -2.27. The molecule has 1 aliphatic rings. The molecule has 5 heteroatoms. The highest BCUT2D eigenvalue weighted by atomic mass is 32.2. The van der Waals surface area contributed by atoms with Gasteiger partial charge in [-0.3, -0.25) is 4.79 Å². The summed E-state index contributed by atoms with van der Waals surface area (Å²) in [5.41, 5.74) is -0.406. The van der Waals surface area contributed by atoms with E-state index in [4.69, 9.17) is 4.74 Å². The van der Waals surface area contributed by atoms with Crippen molar-refractivity contribution in [3.63, 3.8) is 0 Å². The van der Waals surface area contributed by atoms with Gasteiger partial charge in [0.05, 0.1) is 0 Å². The summed E-state index contributed by atoms with van der Waals surface area (Å²) in [6.45, 7) is 11.7. The average molecular weight is 274 g/mol. The number of carbonyl (C=O) groups excluding carboxylic acids is 1. The van der Waals surface area contributed by atoms with E-state index in [0.717, 1.165) is 26.2 Å². The molecular formula is C13H26N2O2S. The van der Waals surface area contributed by atoms with Crippen molar-refractivity contribution < 1.29 is 9.53 Å². The summed E-state index contributed by atoms with van der Waals surface area (Å²) in [6.07, 6.45) is 0. The lowest BCUT2D eigenvalue weighted by molar-refractivity contribution is -0.156. The van der Waals surface area contributed by atoms with Crippen LogP contribution in [0.25, 0.3) is 0 Å². The number of carbonyl (C=O) groups is 1. The molecule has 0 aromatic heterocycles. The molecular weight excluding hydrogens is 248 g/mol. The highest BCUT2D eigenvalue weighted by molar-refractivity contribution is 7.99. The minimum Gasteiger partial charge on any atom is -0.459 e. The minimum absolute atomic E-state index is 0.170. The largest absolute Gasteiger partial charge is 0.459 e. The Kier molecular flexibility index (Phi) is 6.46. The second-order valence-electron chi connectivity index (χ2n) is 5.66. The molecule has 0 saturated carbocycles. The number of nitrogens with zero attached hydrogens (tertiary/aromatic N) is 1. The zero-order valence-corrected chi connectivity index (χ0v) is 12.8. The van der Waals surface area contributed by atoms with E-state index >= 15 is 0 Å². The Morgan fingerprint density at radius 3 is 2.56 bits per heavy atom. The Morgan fingerprint density at radius 1 is 1.39 bits per heavy atom. The first-order valence-electron chi connectivity index (χ1n) is 6.65. The van der Waals surface area contributed by atoms with Crippen molar-refractivity contribution in [2.75, 3.05) is 37.7 Å². The van der Waals surface area contributed by atoms with Gasteiger partial charge in [-0.25, -0.2) is 0 Å². The van der Waals surface area contributed by atoms with Gasteiger partial charge in [-0.15, -0.1) is 0 Å². The highest BCUT2D eigenvalue weighted by Crippen LogP contribution is 2.09. The number of esters is 1. The molecule has 1 rings (SSSR count). The minimum atomic E-state index is -0.406. The third-order valence-corrected chi connectivity index (χ3v) is 3.69. The van der Waals surface area contributed by atoms with Crippen LogP contribution in [0.1, 0.15) is 27.7 Å². The van der Waals surface area contributed by atoms with Crippen molar-refractivity contribution in [1.82, 2.24) is 10.2 Å². The molecule has 0 bridgehead atoms. The molecule has 1 aliphatic heterocycles. The fraction of sp³-hybridized carbons (Fsp3) is 0.923. The van der Waals surface area contributed by atoms with E-state index in [0.29, 0.717) is 0 Å². The molecule has 1 unspecified atom stereocenters. The number of thioether (sulfide) groups is 1. The van der Waals surface area contributed by atoms with Gasteiger partial charge in [0.2, 0.25) is 0 Å². The van der Waals surface area contributed by atoms with Crippen molar-refractivity contribution in [2.45, 2.75) is 39.3 Å². The standard InChI is InChI=1S/C13H26N2O2S/c1-11(12(16)17-13(2,3)4)14-5-6-15-7-9-18-10-8-15/h11,14H,5-10H2,1-4H3. The topological polar surface area (TPSA) is 41.6 Å². The predicted octanol–water partition coefficient (Wildman–Crippen LogP) is 1.35. The predicted molar refractivity (Wildman–Crippen MR) is 77.1 cm³/mol. The number of nitrogens with one attached hydrogen (secondary N) is 1. The third-order valence-electron chi connectivity index (χ3n) is 2.74. The molecule has 0 aliphatic carbocycles. The summed E-state index contributed by atoms with van der Waals surface area (Å²) in [7, 11) is 0. The van der Waals surface area contributed by atoms with Crippen LogP contribution in [0.15, 0.2) is 0 Å². The zero-order valence-electron chi connectivity index (χ0n) is 12.0. The van der Waals surface area contributed by atoms with Gasteiger partial charge in [0.15, 0.2) is 0 Å². The van der Waals surface area contributed by atoms with Crippen molar-refractivity contribution in [1.29, 1.82) is 0 Å². The Bertz CT molecular complexity index is 260. The van der Waals surface area contributed by atoms with E-state index in [9.17, 15) is 4.79 Å². The fourth-order valence-corrected chi connectivity index (χ4v) is 2.72. The van der Waals surface area contributed by atoms with E-state index in [1.165, 1.54) is 11.5 Å². The second-order valence-corrected chi connectivity index (χ2v) is 6.89. The molecule has 1 heterocycles. The van der Waals surface area contributed by atoms with Gasteiger partial charge < -0.3 is 15.0 Å². The first-order chi connectivity index (χ1) is 8.38. The smallest absolute Gasteiger partial charge is 0.323 e. The van der Waals surface area contributed by atoms with E-state index in [1.54, 1.807) is 0 Å². The van der Waals surface area contributed by atoms with Crippen LogP contribution in [-0.2, 0) is 9.53 Å². The lowest BCUT2D eigenvalue weighted by Crippen LogP contribution is -2.44. The summed E-state index contributed by atoms with van der Waals surface area (Å²) in [5.74, 6) is 2.28. The first-order valence-corrected chi connectivity index (χ1v) is 7.80. The van der Waals surface area contributed by atoms with Gasteiger partial charge in [0.25, 0.3) is 0 Å². The van der Waals surface area contributed by atoms with Crippen LogP contribution >= 0.6 is 11.8 Å². The molecule has 1 atom stereocenters. The molecule has 0 aromatic rings. The van der Waals surface area contributed by atoms with Gasteiger partial charge >= 0.3 is 5.97 Å². The Labute approximate surface area is 115 Å². The summed E-state index contributed by atoms with van der Waals surface area (Å²) in [6, 6.07) is -0.233. The van der Waals surface area contributed by atoms with Crippen LogP contribution in [0.5, 0.6) is 0 Å². The maximum absolute atomic E-state index is 11.7. The molecule has 1 N–H and O–H groups in total. The van der Waals surface area contributed by atoms with Gasteiger partial charge in [0.1, 0.15) is 11.6 Å². The Balaban J connectivity index is 2.15. The van der Waals surface area contributed by atoms with Crippen LogP contribution in [0.4, 0.5) is 0 Å². The molecule has 0 amide bonds. The van der Waals surface area contributed by atoms with E-state index < -0.39 is 5.60 Å². The van der Waals surface area contributed by atoms with Crippen LogP contribution in [0, 0.1) is 0 Å². The highest BCUT2D eigenvalue weighted by Gasteiger charge is 2.21. The van der Waals surface area contributed by atoms with Crippen molar-refractivity contribution in [2.24, 2.45) is 0 Å². The SMILES string of the molecule is CC(NCCN1CCSCC1)C(=O)OC(C)(C)C. The Hall–Kier alpha value is -0.260. The summed E-state index contributed by atoms with van der Waals surface area (Å²) in [4.78, 5) is 14.2. The average Bonchev–Trinajstić information content (AvgIpc) is 2.28. The number of hydrogen-bond acceptors (Lipinski definition) is 5. The maximum Gasteiger partial charge on any atom is 0.323 e. The molecule has 0 radical (unpaired) electrons. The Morgan fingerprint density at radius 2 is 2.00 bits per heavy atom. The van der Waals surface area contributed by atoms with Gasteiger partial charge in [0, 0.05) is 37.7 Å². The van der Waals surface area contributed by atoms with Gasteiger partial charge in [-0.1, -0.05) is 0 Å². The van der Waals surface area contributed by atoms with E-state index in [-0.39, 0.29) is 12.0 Å². The number of rotatable bonds is 5. The third kappa shape index (κ3) is 6.61. The number of ether oxygens (including phenoxy) is 1. The molecule has 1 saturated heterocycles.